The van der Waals surface area contributed by atoms with E-state index in [0.717, 1.165) is 0 Å². The summed E-state index contributed by atoms with van der Waals surface area (Å²) in [7, 11) is 1.52. The first-order chi connectivity index (χ1) is 9.10. The number of methoxy groups -OCH3 is 1. The summed E-state index contributed by atoms with van der Waals surface area (Å²) in [5.74, 6) is 1.14. The molecule has 0 atom stereocenters. The van der Waals surface area contributed by atoms with Crippen LogP contribution in [0, 0.1) is 18.3 Å². The molecule has 0 aliphatic heterocycles. The van der Waals surface area contributed by atoms with Crippen LogP contribution in [0.25, 0.3) is 5.82 Å². The summed E-state index contributed by atoms with van der Waals surface area (Å²) in [6.45, 7) is 1.72. The number of ether oxygens (including phenoxy) is 1. The number of hydrogen-bond donors (Lipinski definition) is 1. The minimum absolute atomic E-state index is 0.257. The van der Waals surface area contributed by atoms with Crippen molar-refractivity contribution in [1.82, 2.24) is 19.7 Å². The highest BCUT2D eigenvalue weighted by Gasteiger charge is 2.15. The third-order valence-corrected chi connectivity index (χ3v) is 3.03. The molecule has 0 spiro atoms. The van der Waals surface area contributed by atoms with Gasteiger partial charge in [-0.25, -0.2) is 4.98 Å². The number of nitrogens with two attached hydrogens (primary N) is 1. The lowest BCUT2D eigenvalue weighted by Crippen LogP contribution is -2.06. The molecular weight excluding hydrogens is 264 g/mol. The summed E-state index contributed by atoms with van der Waals surface area (Å²) in [5, 5.41) is 13.8. The molecule has 2 aromatic rings. The van der Waals surface area contributed by atoms with Crippen molar-refractivity contribution in [2.45, 2.75) is 12.1 Å². The lowest BCUT2D eigenvalue weighted by atomic mass is 10.3. The standard InChI is InChI=1S/C11H12N6OS/c1-6-7(5-12)10(13)17(16-6)8-4-9(18-2)15-11(14-8)19-3/h4H,13H2,1-3H3. The van der Waals surface area contributed by atoms with E-state index >= 15 is 0 Å². The topological polar surface area (TPSA) is 103 Å². The van der Waals surface area contributed by atoms with Crippen molar-refractivity contribution >= 4 is 17.6 Å². The number of nitrogen functional groups attached to an aromatic ring is 1. The Labute approximate surface area is 114 Å². The third kappa shape index (κ3) is 2.32. The maximum Gasteiger partial charge on any atom is 0.219 e. The van der Waals surface area contributed by atoms with E-state index in [-0.39, 0.29) is 5.82 Å². The molecular formula is C11H12N6OS. The fraction of sp³-hybridized carbons (Fsp3) is 0.273. The second-order valence-corrected chi connectivity index (χ2v) is 4.40. The predicted octanol–water partition coefficient (Wildman–Crippen LogP) is 1.16. The first kappa shape index (κ1) is 13.2. The molecule has 0 aromatic carbocycles. The normalized spacial score (nSPS) is 10.2. The lowest BCUT2D eigenvalue weighted by molar-refractivity contribution is 0.391. The van der Waals surface area contributed by atoms with E-state index in [1.54, 1.807) is 13.0 Å². The van der Waals surface area contributed by atoms with Crippen molar-refractivity contribution in [3.63, 3.8) is 0 Å². The van der Waals surface area contributed by atoms with Gasteiger partial charge in [-0.3, -0.25) is 0 Å². The summed E-state index contributed by atoms with van der Waals surface area (Å²) >= 11 is 1.38. The number of thioether (sulfide) groups is 1. The molecule has 0 saturated heterocycles. The average molecular weight is 276 g/mol. The van der Waals surface area contributed by atoms with E-state index in [2.05, 4.69) is 15.1 Å². The van der Waals surface area contributed by atoms with Crippen LogP contribution in [0.5, 0.6) is 5.88 Å². The Kier molecular flexibility index (Phi) is 3.57. The van der Waals surface area contributed by atoms with E-state index in [1.165, 1.54) is 23.6 Å². The fourth-order valence-electron chi connectivity index (χ4n) is 1.55. The van der Waals surface area contributed by atoms with Gasteiger partial charge in [0.25, 0.3) is 0 Å². The molecule has 19 heavy (non-hydrogen) atoms. The molecule has 0 unspecified atom stereocenters. The summed E-state index contributed by atoms with van der Waals surface area (Å²) in [5.41, 5.74) is 6.81. The van der Waals surface area contributed by atoms with Crippen molar-refractivity contribution < 1.29 is 4.74 Å². The van der Waals surface area contributed by atoms with Gasteiger partial charge in [0.15, 0.2) is 11.0 Å². The molecule has 8 heteroatoms. The van der Waals surface area contributed by atoms with Gasteiger partial charge in [0, 0.05) is 6.07 Å². The average Bonchev–Trinajstić information content (AvgIpc) is 2.72. The van der Waals surface area contributed by atoms with Gasteiger partial charge in [-0.05, 0) is 13.2 Å². The Bertz CT molecular complexity index is 638. The maximum absolute atomic E-state index is 9.02. The number of nitrogens with zero attached hydrogens (tertiary/aromatic N) is 5. The Balaban J connectivity index is 2.62. The monoisotopic (exact) mass is 276 g/mol. The molecule has 7 nitrogen and oxygen atoms in total. The van der Waals surface area contributed by atoms with Gasteiger partial charge in [0.2, 0.25) is 5.88 Å². The zero-order chi connectivity index (χ0) is 14.0. The van der Waals surface area contributed by atoms with Gasteiger partial charge >= 0.3 is 0 Å². The molecule has 0 aliphatic rings. The molecule has 98 valence electrons. The first-order valence-electron chi connectivity index (χ1n) is 5.33. The molecule has 0 aliphatic carbocycles. The van der Waals surface area contributed by atoms with E-state index in [9.17, 15) is 0 Å². The minimum Gasteiger partial charge on any atom is -0.481 e. The second-order valence-electron chi connectivity index (χ2n) is 3.62. The van der Waals surface area contributed by atoms with Crippen LogP contribution in [-0.2, 0) is 0 Å². The van der Waals surface area contributed by atoms with Crippen LogP contribution < -0.4 is 10.5 Å². The molecule has 2 aromatic heterocycles. The Morgan fingerprint density at radius 3 is 2.74 bits per heavy atom. The van der Waals surface area contributed by atoms with Crippen molar-refractivity contribution in [2.24, 2.45) is 0 Å². The van der Waals surface area contributed by atoms with Gasteiger partial charge in [-0.15, -0.1) is 0 Å². The largest absolute Gasteiger partial charge is 0.481 e. The quantitative estimate of drug-likeness (QED) is 0.662. The van der Waals surface area contributed by atoms with Gasteiger partial charge in [0.05, 0.1) is 12.8 Å². The van der Waals surface area contributed by atoms with Crippen LogP contribution in [0.3, 0.4) is 0 Å². The van der Waals surface area contributed by atoms with Crippen LogP contribution in [0.1, 0.15) is 11.3 Å². The molecule has 0 saturated carbocycles. The number of aromatic nitrogens is 4. The van der Waals surface area contributed by atoms with Crippen molar-refractivity contribution in [2.75, 3.05) is 19.1 Å². The van der Waals surface area contributed by atoms with Gasteiger partial charge in [0.1, 0.15) is 17.5 Å². The van der Waals surface area contributed by atoms with Crippen LogP contribution in [0.2, 0.25) is 0 Å². The van der Waals surface area contributed by atoms with Crippen LogP contribution in [0.15, 0.2) is 11.2 Å². The highest BCUT2D eigenvalue weighted by molar-refractivity contribution is 7.98. The number of aryl methyl sites for hydroxylation is 1. The van der Waals surface area contributed by atoms with Crippen LogP contribution in [0.4, 0.5) is 5.82 Å². The lowest BCUT2D eigenvalue weighted by Gasteiger charge is -2.06. The fourth-order valence-corrected chi connectivity index (χ4v) is 1.92. The summed E-state index contributed by atoms with van der Waals surface area (Å²) in [6.07, 6.45) is 1.86. The smallest absolute Gasteiger partial charge is 0.219 e. The van der Waals surface area contributed by atoms with E-state index in [4.69, 9.17) is 15.7 Å². The zero-order valence-corrected chi connectivity index (χ0v) is 11.5. The molecule has 2 heterocycles. The highest BCUT2D eigenvalue weighted by atomic mass is 32.2. The van der Waals surface area contributed by atoms with Gasteiger partial charge in [-0.1, -0.05) is 11.8 Å². The number of hydrogen-bond acceptors (Lipinski definition) is 7. The van der Waals surface area contributed by atoms with Crippen molar-refractivity contribution in [1.29, 1.82) is 5.26 Å². The molecule has 2 N–H and O–H groups in total. The Morgan fingerprint density at radius 2 is 2.21 bits per heavy atom. The predicted molar refractivity (Wildman–Crippen MR) is 71.4 cm³/mol. The second kappa shape index (κ2) is 5.16. The maximum atomic E-state index is 9.02. The molecule has 2 rings (SSSR count). The first-order valence-corrected chi connectivity index (χ1v) is 6.55. The summed E-state index contributed by atoms with van der Waals surface area (Å²) in [6, 6.07) is 3.64. The van der Waals surface area contributed by atoms with Gasteiger partial charge < -0.3 is 10.5 Å². The number of nitriles is 1. The van der Waals surface area contributed by atoms with Crippen LogP contribution >= 0.6 is 11.8 Å². The molecule has 0 bridgehead atoms. The number of rotatable bonds is 3. The summed E-state index contributed by atoms with van der Waals surface area (Å²) < 4.78 is 6.53. The van der Waals surface area contributed by atoms with Crippen LogP contribution in [-0.4, -0.2) is 33.1 Å². The van der Waals surface area contributed by atoms with Crippen molar-refractivity contribution in [3.05, 3.63) is 17.3 Å². The van der Waals surface area contributed by atoms with Gasteiger partial charge in [-0.2, -0.15) is 20.0 Å². The summed E-state index contributed by atoms with van der Waals surface area (Å²) in [4.78, 5) is 8.46. The third-order valence-electron chi connectivity index (χ3n) is 2.49. The molecule has 0 amide bonds. The molecule has 0 radical (unpaired) electrons. The Morgan fingerprint density at radius 1 is 1.47 bits per heavy atom. The van der Waals surface area contributed by atoms with E-state index < -0.39 is 0 Å². The number of anilines is 1. The highest BCUT2D eigenvalue weighted by Crippen LogP contribution is 2.22. The minimum atomic E-state index is 0.257. The molecule has 0 fully saturated rings. The van der Waals surface area contributed by atoms with E-state index in [1.807, 2.05) is 12.3 Å². The zero-order valence-electron chi connectivity index (χ0n) is 10.7. The van der Waals surface area contributed by atoms with E-state index in [0.29, 0.717) is 28.1 Å². The SMILES string of the molecule is COc1cc(-n2nc(C)c(C#N)c2N)nc(SC)n1. The Hall–Kier alpha value is -2.27. The van der Waals surface area contributed by atoms with Crippen molar-refractivity contribution in [3.8, 4) is 17.8 Å².